The summed E-state index contributed by atoms with van der Waals surface area (Å²) in [6, 6.07) is 3.48. The second-order valence-electron chi connectivity index (χ2n) is 3.12. The van der Waals surface area contributed by atoms with Crippen LogP contribution in [0, 0.1) is 0 Å². The van der Waals surface area contributed by atoms with Crippen molar-refractivity contribution in [2.75, 3.05) is 7.11 Å². The first-order valence-electron chi connectivity index (χ1n) is 4.51. The van der Waals surface area contributed by atoms with E-state index in [9.17, 15) is 4.79 Å². The predicted molar refractivity (Wildman–Crippen MR) is 51.7 cm³/mol. The van der Waals surface area contributed by atoms with Crippen molar-refractivity contribution in [3.05, 3.63) is 24.2 Å². The maximum Gasteiger partial charge on any atom is 0.249 e. The summed E-state index contributed by atoms with van der Waals surface area (Å²) in [5.41, 5.74) is 0. The van der Waals surface area contributed by atoms with Gasteiger partial charge in [-0.05, 0) is 26.0 Å². The van der Waals surface area contributed by atoms with E-state index >= 15 is 0 Å². The molecule has 0 aliphatic carbocycles. The lowest BCUT2D eigenvalue weighted by Gasteiger charge is -2.14. The third-order valence-electron chi connectivity index (χ3n) is 2.05. The van der Waals surface area contributed by atoms with E-state index in [1.54, 1.807) is 19.3 Å². The summed E-state index contributed by atoms with van der Waals surface area (Å²) < 4.78 is 10.0. The van der Waals surface area contributed by atoms with E-state index < -0.39 is 6.10 Å². The summed E-state index contributed by atoms with van der Waals surface area (Å²) in [6.07, 6.45) is 1.14. The van der Waals surface area contributed by atoms with E-state index in [4.69, 9.17) is 9.15 Å². The van der Waals surface area contributed by atoms with Gasteiger partial charge in [-0.25, -0.2) is 0 Å². The number of hydrogen-bond acceptors (Lipinski definition) is 3. The van der Waals surface area contributed by atoms with Gasteiger partial charge in [0.25, 0.3) is 0 Å². The smallest absolute Gasteiger partial charge is 0.249 e. The summed E-state index contributed by atoms with van der Waals surface area (Å²) >= 11 is 0. The largest absolute Gasteiger partial charge is 0.467 e. The molecule has 0 aliphatic heterocycles. The molecule has 1 aromatic rings. The molecule has 0 fully saturated rings. The molecule has 0 radical (unpaired) electrons. The summed E-state index contributed by atoms with van der Waals surface area (Å²) in [4.78, 5) is 11.4. The highest BCUT2D eigenvalue weighted by atomic mass is 16.5. The number of methoxy groups -OCH3 is 1. The number of nitrogens with one attached hydrogen (secondary N) is 1. The van der Waals surface area contributed by atoms with Gasteiger partial charge in [-0.3, -0.25) is 4.79 Å². The normalized spacial score (nSPS) is 14.8. The molecule has 1 rings (SSSR count). The zero-order chi connectivity index (χ0) is 10.6. The predicted octanol–water partition coefficient (Wildman–Crippen LogP) is 1.49. The highest BCUT2D eigenvalue weighted by Gasteiger charge is 2.16. The average Bonchev–Trinajstić information content (AvgIpc) is 2.69. The molecule has 1 heterocycles. The zero-order valence-corrected chi connectivity index (χ0v) is 8.61. The van der Waals surface area contributed by atoms with E-state index in [0.717, 1.165) is 5.76 Å². The van der Waals surface area contributed by atoms with Gasteiger partial charge in [-0.15, -0.1) is 0 Å². The molecule has 0 aliphatic rings. The van der Waals surface area contributed by atoms with Crippen LogP contribution in [0.5, 0.6) is 0 Å². The monoisotopic (exact) mass is 197 g/mol. The van der Waals surface area contributed by atoms with Crippen LogP contribution in [0.15, 0.2) is 22.8 Å². The van der Waals surface area contributed by atoms with Crippen molar-refractivity contribution in [2.45, 2.75) is 26.0 Å². The fraction of sp³-hybridized carbons (Fsp3) is 0.500. The minimum atomic E-state index is -0.438. The molecule has 2 atom stereocenters. The fourth-order valence-corrected chi connectivity index (χ4v) is 1.05. The van der Waals surface area contributed by atoms with Crippen LogP contribution in [0.4, 0.5) is 0 Å². The highest BCUT2D eigenvalue weighted by molar-refractivity contribution is 5.80. The van der Waals surface area contributed by atoms with E-state index in [1.165, 1.54) is 7.11 Å². The molecule has 1 aromatic heterocycles. The lowest BCUT2D eigenvalue weighted by molar-refractivity contribution is -0.130. The van der Waals surface area contributed by atoms with Crippen molar-refractivity contribution >= 4 is 5.91 Å². The van der Waals surface area contributed by atoms with Gasteiger partial charge in [0.2, 0.25) is 5.91 Å². The van der Waals surface area contributed by atoms with Crippen molar-refractivity contribution in [3.8, 4) is 0 Å². The van der Waals surface area contributed by atoms with Crippen LogP contribution in [-0.2, 0) is 9.53 Å². The topological polar surface area (TPSA) is 51.5 Å². The van der Waals surface area contributed by atoms with Crippen LogP contribution in [0.3, 0.4) is 0 Å². The second kappa shape index (κ2) is 4.81. The molecule has 14 heavy (non-hydrogen) atoms. The first kappa shape index (κ1) is 10.8. The minimum Gasteiger partial charge on any atom is -0.467 e. The maximum atomic E-state index is 11.4. The van der Waals surface area contributed by atoms with Crippen molar-refractivity contribution in [1.29, 1.82) is 0 Å². The van der Waals surface area contributed by atoms with E-state index in [2.05, 4.69) is 5.32 Å². The molecule has 78 valence electrons. The van der Waals surface area contributed by atoms with Crippen LogP contribution in [0.1, 0.15) is 25.6 Å². The number of hydrogen-bond donors (Lipinski definition) is 1. The molecule has 4 heteroatoms. The molecular weight excluding hydrogens is 182 g/mol. The molecule has 1 unspecified atom stereocenters. The van der Waals surface area contributed by atoms with Crippen molar-refractivity contribution in [2.24, 2.45) is 0 Å². The molecule has 0 spiro atoms. The Morgan fingerprint density at radius 1 is 1.57 bits per heavy atom. The van der Waals surface area contributed by atoms with Crippen molar-refractivity contribution in [3.63, 3.8) is 0 Å². The van der Waals surface area contributed by atoms with Crippen LogP contribution in [0.25, 0.3) is 0 Å². The standard InChI is InChI=1S/C10H15NO3/c1-7(9-5-4-6-14-9)11-10(12)8(2)13-3/h4-8H,1-3H3,(H,11,12)/t7-,8?/m1/s1. The van der Waals surface area contributed by atoms with Crippen LogP contribution in [0.2, 0.25) is 0 Å². The molecule has 1 N–H and O–H groups in total. The molecular formula is C10H15NO3. The van der Waals surface area contributed by atoms with Gasteiger partial charge < -0.3 is 14.5 Å². The Labute approximate surface area is 83.2 Å². The Balaban J connectivity index is 2.49. The summed E-state index contributed by atoms with van der Waals surface area (Å²) in [6.45, 7) is 3.56. The molecule has 0 saturated heterocycles. The Morgan fingerprint density at radius 3 is 2.79 bits per heavy atom. The number of furan rings is 1. The van der Waals surface area contributed by atoms with E-state index in [-0.39, 0.29) is 11.9 Å². The van der Waals surface area contributed by atoms with Gasteiger partial charge in [0.1, 0.15) is 11.9 Å². The average molecular weight is 197 g/mol. The van der Waals surface area contributed by atoms with E-state index in [1.807, 2.05) is 13.0 Å². The number of rotatable bonds is 4. The third kappa shape index (κ3) is 2.60. The first-order chi connectivity index (χ1) is 6.65. The highest BCUT2D eigenvalue weighted by Crippen LogP contribution is 2.12. The van der Waals surface area contributed by atoms with Crippen LogP contribution in [-0.4, -0.2) is 19.1 Å². The van der Waals surface area contributed by atoms with Gasteiger partial charge in [-0.1, -0.05) is 0 Å². The van der Waals surface area contributed by atoms with Crippen LogP contribution < -0.4 is 5.32 Å². The third-order valence-corrected chi connectivity index (χ3v) is 2.05. The summed E-state index contributed by atoms with van der Waals surface area (Å²) in [5.74, 6) is 0.595. The van der Waals surface area contributed by atoms with Gasteiger partial charge in [0.15, 0.2) is 0 Å². The molecule has 4 nitrogen and oxygen atoms in total. The lowest BCUT2D eigenvalue weighted by Crippen LogP contribution is -2.35. The number of amides is 1. The molecule has 1 amide bonds. The summed E-state index contributed by atoms with van der Waals surface area (Å²) in [5, 5.41) is 2.78. The zero-order valence-electron chi connectivity index (χ0n) is 8.61. The number of carbonyl (C=O) groups is 1. The second-order valence-corrected chi connectivity index (χ2v) is 3.12. The van der Waals surface area contributed by atoms with Crippen molar-refractivity contribution in [1.82, 2.24) is 5.32 Å². The summed E-state index contributed by atoms with van der Waals surface area (Å²) in [7, 11) is 1.50. The lowest BCUT2D eigenvalue weighted by atomic mass is 10.2. The van der Waals surface area contributed by atoms with Crippen LogP contribution >= 0.6 is 0 Å². The number of ether oxygens (including phenoxy) is 1. The Kier molecular flexibility index (Phi) is 3.71. The Morgan fingerprint density at radius 2 is 2.29 bits per heavy atom. The molecule has 0 aromatic carbocycles. The number of carbonyl (C=O) groups excluding carboxylic acids is 1. The first-order valence-corrected chi connectivity index (χ1v) is 4.51. The maximum absolute atomic E-state index is 11.4. The SMILES string of the molecule is COC(C)C(=O)N[C@H](C)c1ccco1. The Bertz CT molecular complexity index is 282. The quantitative estimate of drug-likeness (QED) is 0.795. The Hall–Kier alpha value is -1.29. The van der Waals surface area contributed by atoms with Gasteiger partial charge >= 0.3 is 0 Å². The minimum absolute atomic E-state index is 0.130. The van der Waals surface area contributed by atoms with Gasteiger partial charge in [0.05, 0.1) is 12.3 Å². The van der Waals surface area contributed by atoms with Gasteiger partial charge in [0, 0.05) is 7.11 Å². The molecule has 0 bridgehead atoms. The van der Waals surface area contributed by atoms with Gasteiger partial charge in [-0.2, -0.15) is 0 Å². The van der Waals surface area contributed by atoms with Crippen molar-refractivity contribution < 1.29 is 13.9 Å². The fourth-order valence-electron chi connectivity index (χ4n) is 1.05. The van der Waals surface area contributed by atoms with E-state index in [0.29, 0.717) is 0 Å². The molecule has 0 saturated carbocycles.